The Balaban J connectivity index is 2.54. The van der Waals surface area contributed by atoms with E-state index in [0.29, 0.717) is 30.0 Å². The minimum atomic E-state index is -0.946. The van der Waals surface area contributed by atoms with Crippen LogP contribution in [-0.4, -0.2) is 33.8 Å². The molecule has 1 atom stereocenters. The normalized spacial score (nSPS) is 13.6. The van der Waals surface area contributed by atoms with E-state index in [0.717, 1.165) is 0 Å². The Morgan fingerprint density at radius 1 is 1.48 bits per heavy atom. The predicted molar refractivity (Wildman–Crippen MR) is 82.8 cm³/mol. The van der Waals surface area contributed by atoms with Gasteiger partial charge in [0.1, 0.15) is 5.54 Å². The second-order valence-corrected chi connectivity index (χ2v) is 5.98. The molecule has 0 aliphatic heterocycles. The molecule has 0 aliphatic rings. The highest BCUT2D eigenvalue weighted by Crippen LogP contribution is 2.29. The van der Waals surface area contributed by atoms with Gasteiger partial charge < -0.3 is 10.4 Å². The zero-order valence-corrected chi connectivity index (χ0v) is 13.0. The van der Waals surface area contributed by atoms with Gasteiger partial charge in [0, 0.05) is 6.07 Å². The Bertz CT molecular complexity index is 510. The molecular weight excluding hydrogens is 292 g/mol. The number of carbonyl (C=O) groups is 1. The number of nitrogens with zero attached hydrogens (tertiary/aromatic N) is 1. The maximum absolute atomic E-state index is 11.3. The Labute approximate surface area is 128 Å². The van der Waals surface area contributed by atoms with E-state index in [1.165, 1.54) is 17.8 Å². The van der Waals surface area contributed by atoms with Crippen molar-refractivity contribution < 1.29 is 14.8 Å². The zero-order valence-electron chi connectivity index (χ0n) is 12.2. The fourth-order valence-corrected chi connectivity index (χ4v) is 2.97. The van der Waals surface area contributed by atoms with Crippen molar-refractivity contribution in [2.45, 2.75) is 37.1 Å². The molecule has 6 nitrogen and oxygen atoms in total. The summed E-state index contributed by atoms with van der Waals surface area (Å²) in [6, 6.07) is 6.58. The molecule has 1 rings (SSSR count). The van der Waals surface area contributed by atoms with Crippen molar-refractivity contribution in [1.29, 1.82) is 0 Å². The molecule has 0 spiro atoms. The van der Waals surface area contributed by atoms with Gasteiger partial charge in [0.2, 0.25) is 0 Å². The van der Waals surface area contributed by atoms with Crippen molar-refractivity contribution in [3.05, 3.63) is 34.4 Å². The Morgan fingerprint density at radius 3 is 2.71 bits per heavy atom. The fraction of sp³-hybridized carbons (Fsp3) is 0.500. The zero-order chi connectivity index (χ0) is 15.9. The summed E-state index contributed by atoms with van der Waals surface area (Å²) in [5, 5.41) is 23.1. The quantitative estimate of drug-likeness (QED) is 0.315. The van der Waals surface area contributed by atoms with Gasteiger partial charge in [-0.15, -0.1) is 11.8 Å². The van der Waals surface area contributed by atoms with Gasteiger partial charge in [0.05, 0.1) is 9.82 Å². The van der Waals surface area contributed by atoms with Gasteiger partial charge in [-0.05, 0) is 38.1 Å². The lowest BCUT2D eigenvalue weighted by Crippen LogP contribution is -2.49. The summed E-state index contributed by atoms with van der Waals surface area (Å²) in [4.78, 5) is 22.4. The molecule has 0 aliphatic carbocycles. The molecule has 7 heteroatoms. The van der Waals surface area contributed by atoms with Crippen molar-refractivity contribution in [3.63, 3.8) is 0 Å². The van der Waals surface area contributed by atoms with E-state index < -0.39 is 16.4 Å². The van der Waals surface area contributed by atoms with Gasteiger partial charge in [-0.2, -0.15) is 0 Å². The summed E-state index contributed by atoms with van der Waals surface area (Å²) in [6.07, 6.45) is 1.14. The number of thioether (sulfide) groups is 1. The number of likely N-dealkylation sites (N-methyl/N-ethyl adjacent to an activating group) is 1. The third-order valence-electron chi connectivity index (χ3n) is 3.18. The van der Waals surface area contributed by atoms with Crippen LogP contribution in [0.2, 0.25) is 0 Å². The smallest absolute Gasteiger partial charge is 0.323 e. The molecule has 1 unspecified atom stereocenters. The second-order valence-electron chi connectivity index (χ2n) is 4.84. The number of rotatable bonds is 9. The molecule has 21 heavy (non-hydrogen) atoms. The highest BCUT2D eigenvalue weighted by Gasteiger charge is 2.31. The van der Waals surface area contributed by atoms with E-state index in [4.69, 9.17) is 0 Å². The molecule has 1 aromatic rings. The second kappa shape index (κ2) is 7.99. The molecule has 0 radical (unpaired) electrons. The summed E-state index contributed by atoms with van der Waals surface area (Å²) < 4.78 is 0. The first-order valence-corrected chi connectivity index (χ1v) is 7.74. The van der Waals surface area contributed by atoms with Gasteiger partial charge in [-0.25, -0.2) is 0 Å². The molecule has 1 aromatic carbocycles. The van der Waals surface area contributed by atoms with Gasteiger partial charge in [0.15, 0.2) is 0 Å². The Hall–Kier alpha value is -1.60. The summed E-state index contributed by atoms with van der Waals surface area (Å²) in [7, 11) is 0. The standard InChI is InChI=1S/C14H20N2O4S/c1-3-15-14(2,13(17)18)9-6-10-21-12-8-5-4-7-11(12)16(19)20/h4-5,7-8,15H,3,6,9-10H2,1-2H3,(H,17,18). The molecule has 116 valence electrons. The van der Waals surface area contributed by atoms with Crippen LogP contribution in [0.1, 0.15) is 26.7 Å². The number of nitrogens with one attached hydrogen (secondary N) is 1. The summed E-state index contributed by atoms with van der Waals surface area (Å²) >= 11 is 1.38. The van der Waals surface area contributed by atoms with Crippen molar-refractivity contribution in [3.8, 4) is 0 Å². The van der Waals surface area contributed by atoms with Gasteiger partial charge in [0.25, 0.3) is 5.69 Å². The van der Waals surface area contributed by atoms with Crippen LogP contribution in [0.15, 0.2) is 29.2 Å². The van der Waals surface area contributed by atoms with Crippen LogP contribution >= 0.6 is 11.8 Å². The number of carboxylic acid groups (broad SMARTS) is 1. The first-order valence-electron chi connectivity index (χ1n) is 6.75. The molecule has 0 aromatic heterocycles. The fourth-order valence-electron chi connectivity index (χ4n) is 2.00. The van der Waals surface area contributed by atoms with Crippen LogP contribution in [0.5, 0.6) is 0 Å². The molecule has 0 bridgehead atoms. The topological polar surface area (TPSA) is 92.5 Å². The number of aliphatic carboxylic acids is 1. The third-order valence-corrected chi connectivity index (χ3v) is 4.33. The predicted octanol–water partition coefficient (Wildman–Crippen LogP) is 2.92. The largest absolute Gasteiger partial charge is 0.480 e. The van der Waals surface area contributed by atoms with Crippen LogP contribution in [0.3, 0.4) is 0 Å². The van der Waals surface area contributed by atoms with Crippen LogP contribution in [0, 0.1) is 10.1 Å². The number of carboxylic acids is 1. The van der Waals surface area contributed by atoms with Gasteiger partial charge in [-0.1, -0.05) is 19.1 Å². The number of nitro groups is 1. The monoisotopic (exact) mass is 312 g/mol. The highest BCUT2D eigenvalue weighted by atomic mass is 32.2. The molecule has 0 saturated heterocycles. The van der Waals surface area contributed by atoms with Crippen molar-refractivity contribution >= 4 is 23.4 Å². The number of hydrogen-bond acceptors (Lipinski definition) is 5. The van der Waals surface area contributed by atoms with Crippen LogP contribution in [0.4, 0.5) is 5.69 Å². The first-order chi connectivity index (χ1) is 9.90. The van der Waals surface area contributed by atoms with E-state index in [9.17, 15) is 20.0 Å². The van der Waals surface area contributed by atoms with E-state index in [2.05, 4.69) is 5.32 Å². The summed E-state index contributed by atoms with van der Waals surface area (Å²) in [6.45, 7) is 4.11. The first kappa shape index (κ1) is 17.5. The Morgan fingerprint density at radius 2 is 2.14 bits per heavy atom. The third kappa shape index (κ3) is 5.02. The van der Waals surface area contributed by atoms with E-state index in [1.807, 2.05) is 6.92 Å². The minimum Gasteiger partial charge on any atom is -0.480 e. The lowest BCUT2D eigenvalue weighted by Gasteiger charge is -2.25. The lowest BCUT2D eigenvalue weighted by molar-refractivity contribution is -0.387. The molecule has 2 N–H and O–H groups in total. The SMILES string of the molecule is CCNC(C)(CCCSc1ccccc1[N+](=O)[O-])C(=O)O. The van der Waals surface area contributed by atoms with Gasteiger partial charge >= 0.3 is 5.97 Å². The van der Waals surface area contributed by atoms with Crippen molar-refractivity contribution in [2.75, 3.05) is 12.3 Å². The number of benzene rings is 1. The average Bonchev–Trinajstić information content (AvgIpc) is 2.44. The number of para-hydroxylation sites is 1. The maximum Gasteiger partial charge on any atom is 0.323 e. The maximum atomic E-state index is 11.3. The summed E-state index contributed by atoms with van der Waals surface area (Å²) in [5.74, 6) is -0.237. The highest BCUT2D eigenvalue weighted by molar-refractivity contribution is 7.99. The van der Waals surface area contributed by atoms with Gasteiger partial charge in [-0.3, -0.25) is 14.9 Å². The molecule has 0 saturated carbocycles. The molecule has 0 amide bonds. The minimum absolute atomic E-state index is 0.0928. The molecule has 0 fully saturated rings. The summed E-state index contributed by atoms with van der Waals surface area (Å²) in [5.41, 5.74) is -0.854. The van der Waals surface area contributed by atoms with E-state index >= 15 is 0 Å². The van der Waals surface area contributed by atoms with Crippen molar-refractivity contribution in [1.82, 2.24) is 5.32 Å². The van der Waals surface area contributed by atoms with Crippen LogP contribution < -0.4 is 5.32 Å². The van der Waals surface area contributed by atoms with Crippen molar-refractivity contribution in [2.24, 2.45) is 0 Å². The molecular formula is C14H20N2O4S. The van der Waals surface area contributed by atoms with E-state index in [1.54, 1.807) is 25.1 Å². The molecule has 0 heterocycles. The number of nitro benzene ring substituents is 1. The average molecular weight is 312 g/mol. The van der Waals surface area contributed by atoms with E-state index in [-0.39, 0.29) is 5.69 Å². The Kier molecular flexibility index (Phi) is 6.64. The lowest BCUT2D eigenvalue weighted by atomic mass is 9.96. The number of hydrogen-bond donors (Lipinski definition) is 2. The van der Waals surface area contributed by atoms with Crippen LogP contribution in [0.25, 0.3) is 0 Å². The van der Waals surface area contributed by atoms with Crippen LogP contribution in [-0.2, 0) is 4.79 Å².